The van der Waals surface area contributed by atoms with Crippen LogP contribution in [0.2, 0.25) is 0 Å². The first-order valence-electron chi connectivity index (χ1n) is 12.2. The van der Waals surface area contributed by atoms with Crippen molar-refractivity contribution in [1.29, 1.82) is 0 Å². The van der Waals surface area contributed by atoms with Gasteiger partial charge in [0.25, 0.3) is 0 Å². The fourth-order valence-electron chi connectivity index (χ4n) is 5.65. The van der Waals surface area contributed by atoms with Gasteiger partial charge in [-0.05, 0) is 71.4 Å². The maximum absolute atomic E-state index is 5.06. The number of fused-ring (bicyclic) bond motifs is 7. The van der Waals surface area contributed by atoms with E-state index in [0.717, 1.165) is 16.7 Å². The molecule has 8 rings (SSSR count). The molecule has 0 N–H and O–H groups in total. The normalized spacial score (nSPS) is 11.9. The molecule has 0 spiro atoms. The molecular formula is C33H21N3. The number of hydrogen-bond donors (Lipinski definition) is 0. The first-order valence-corrected chi connectivity index (χ1v) is 12.2. The van der Waals surface area contributed by atoms with Crippen molar-refractivity contribution in [3.8, 4) is 11.5 Å². The second kappa shape index (κ2) is 7.30. The summed E-state index contributed by atoms with van der Waals surface area (Å²) < 4.78 is 4.57. The molecule has 0 aliphatic heterocycles. The lowest BCUT2D eigenvalue weighted by Crippen LogP contribution is -1.97. The minimum absolute atomic E-state index is 0.938. The number of aromatic nitrogens is 3. The van der Waals surface area contributed by atoms with Crippen LogP contribution >= 0.6 is 0 Å². The molecule has 0 bridgehead atoms. The van der Waals surface area contributed by atoms with Gasteiger partial charge >= 0.3 is 0 Å². The number of rotatable bonds is 2. The van der Waals surface area contributed by atoms with Crippen molar-refractivity contribution in [2.45, 2.75) is 0 Å². The number of nitrogens with zero attached hydrogens (tertiary/aromatic N) is 3. The van der Waals surface area contributed by atoms with Crippen LogP contribution in [-0.2, 0) is 0 Å². The van der Waals surface area contributed by atoms with E-state index in [1.165, 1.54) is 49.2 Å². The quantitative estimate of drug-likeness (QED) is 0.254. The Morgan fingerprint density at radius 3 is 2.19 bits per heavy atom. The molecule has 3 aromatic heterocycles. The highest BCUT2D eigenvalue weighted by atomic mass is 15.1. The molecule has 36 heavy (non-hydrogen) atoms. The Labute approximate surface area is 207 Å². The molecule has 3 heteroatoms. The van der Waals surface area contributed by atoms with Crippen LogP contribution in [-0.4, -0.2) is 14.1 Å². The molecule has 0 aliphatic rings. The Bertz CT molecular complexity index is 2100. The third-order valence-electron chi connectivity index (χ3n) is 7.33. The van der Waals surface area contributed by atoms with Crippen molar-refractivity contribution in [2.75, 3.05) is 0 Å². The minimum Gasteiger partial charge on any atom is -0.317 e. The molecule has 0 atom stereocenters. The van der Waals surface area contributed by atoms with Gasteiger partial charge in [0.05, 0.1) is 22.1 Å². The minimum atomic E-state index is 0.938. The molecule has 8 aromatic rings. The molecule has 5 aromatic carbocycles. The Balaban J connectivity index is 1.47. The highest BCUT2D eigenvalue weighted by molar-refractivity contribution is 6.18. The van der Waals surface area contributed by atoms with Gasteiger partial charge in [-0.15, -0.1) is 0 Å². The molecule has 3 nitrogen and oxygen atoms in total. The van der Waals surface area contributed by atoms with E-state index >= 15 is 0 Å². The summed E-state index contributed by atoms with van der Waals surface area (Å²) in [5, 5.41) is 7.38. The standard InChI is InChI=1S/C33H21N3/c1-2-9-24(10-3-1)35-19-18-26-27-21-32-28(20-23(27)14-16-30(26)35)25-11-5-7-13-31(25)36(32)33-17-15-22-8-4-6-12-29(22)34-33/h1-21H. The number of pyridine rings is 1. The topological polar surface area (TPSA) is 22.8 Å². The van der Waals surface area contributed by atoms with Crippen LogP contribution in [0.25, 0.3) is 65.9 Å². The van der Waals surface area contributed by atoms with Crippen molar-refractivity contribution < 1.29 is 0 Å². The molecule has 0 radical (unpaired) electrons. The van der Waals surface area contributed by atoms with Crippen molar-refractivity contribution in [2.24, 2.45) is 0 Å². The third-order valence-corrected chi connectivity index (χ3v) is 7.33. The lowest BCUT2D eigenvalue weighted by molar-refractivity contribution is 1.10. The summed E-state index contributed by atoms with van der Waals surface area (Å²) in [6.07, 6.45) is 2.17. The largest absolute Gasteiger partial charge is 0.317 e. The monoisotopic (exact) mass is 459 g/mol. The summed E-state index contributed by atoms with van der Waals surface area (Å²) in [4.78, 5) is 5.06. The summed E-state index contributed by atoms with van der Waals surface area (Å²) in [5.74, 6) is 0.938. The average Bonchev–Trinajstić information content (AvgIpc) is 3.51. The van der Waals surface area contributed by atoms with E-state index in [1.54, 1.807) is 0 Å². The van der Waals surface area contributed by atoms with Gasteiger partial charge in [-0.3, -0.25) is 4.57 Å². The predicted octanol–water partition coefficient (Wildman–Crippen LogP) is 8.43. The predicted molar refractivity (Wildman–Crippen MR) is 150 cm³/mol. The summed E-state index contributed by atoms with van der Waals surface area (Å²) >= 11 is 0. The first kappa shape index (κ1) is 19.4. The van der Waals surface area contributed by atoms with E-state index in [-0.39, 0.29) is 0 Å². The highest BCUT2D eigenvalue weighted by Crippen LogP contribution is 2.37. The van der Waals surface area contributed by atoms with Gasteiger partial charge in [-0.25, -0.2) is 4.98 Å². The Morgan fingerprint density at radius 2 is 1.25 bits per heavy atom. The van der Waals surface area contributed by atoms with Crippen LogP contribution in [0.4, 0.5) is 0 Å². The van der Waals surface area contributed by atoms with Crippen LogP contribution in [0, 0.1) is 0 Å². The van der Waals surface area contributed by atoms with Crippen molar-refractivity contribution >= 4 is 54.4 Å². The summed E-state index contributed by atoms with van der Waals surface area (Å²) in [5.41, 5.74) is 5.72. The van der Waals surface area contributed by atoms with Crippen LogP contribution in [0.15, 0.2) is 128 Å². The van der Waals surface area contributed by atoms with Crippen LogP contribution in [0.3, 0.4) is 0 Å². The van der Waals surface area contributed by atoms with Gasteiger partial charge in [0.1, 0.15) is 5.82 Å². The SMILES string of the molecule is c1ccc(-n2ccc3c4cc5c(cc4ccc32)c2ccccc2n5-c2ccc3ccccc3n2)cc1. The van der Waals surface area contributed by atoms with Crippen molar-refractivity contribution in [3.63, 3.8) is 0 Å². The Morgan fingerprint density at radius 1 is 0.472 bits per heavy atom. The fourth-order valence-corrected chi connectivity index (χ4v) is 5.65. The molecule has 0 fully saturated rings. The fraction of sp³-hybridized carbons (Fsp3) is 0. The molecule has 168 valence electrons. The lowest BCUT2D eigenvalue weighted by Gasteiger charge is -2.10. The third kappa shape index (κ3) is 2.71. The van der Waals surface area contributed by atoms with E-state index in [0.29, 0.717) is 0 Å². The molecule has 0 aliphatic carbocycles. The maximum atomic E-state index is 5.06. The summed E-state index contributed by atoms with van der Waals surface area (Å²) in [7, 11) is 0. The smallest absolute Gasteiger partial charge is 0.138 e. The molecule has 0 saturated carbocycles. The van der Waals surface area contributed by atoms with Gasteiger partial charge in [-0.2, -0.15) is 0 Å². The van der Waals surface area contributed by atoms with E-state index in [1.807, 2.05) is 6.07 Å². The van der Waals surface area contributed by atoms with Crippen LogP contribution in [0.5, 0.6) is 0 Å². The maximum Gasteiger partial charge on any atom is 0.138 e. The first-order chi connectivity index (χ1) is 17.8. The Kier molecular flexibility index (Phi) is 3.94. The van der Waals surface area contributed by atoms with E-state index in [2.05, 4.69) is 131 Å². The summed E-state index contributed by atoms with van der Waals surface area (Å²) in [6, 6.07) is 43.1. The van der Waals surface area contributed by atoms with Crippen LogP contribution < -0.4 is 0 Å². The van der Waals surface area contributed by atoms with Gasteiger partial charge in [-0.1, -0.05) is 60.7 Å². The van der Waals surface area contributed by atoms with E-state index in [4.69, 9.17) is 4.98 Å². The molecular weight excluding hydrogens is 438 g/mol. The molecule has 0 amide bonds. The molecule has 0 saturated heterocycles. The van der Waals surface area contributed by atoms with Crippen molar-refractivity contribution in [3.05, 3.63) is 128 Å². The second-order valence-electron chi connectivity index (χ2n) is 9.32. The van der Waals surface area contributed by atoms with E-state index in [9.17, 15) is 0 Å². The van der Waals surface area contributed by atoms with Crippen molar-refractivity contribution in [1.82, 2.24) is 14.1 Å². The van der Waals surface area contributed by atoms with Gasteiger partial charge in [0.2, 0.25) is 0 Å². The van der Waals surface area contributed by atoms with Gasteiger partial charge < -0.3 is 4.57 Å². The lowest BCUT2D eigenvalue weighted by atomic mass is 10.0. The number of para-hydroxylation sites is 3. The zero-order chi connectivity index (χ0) is 23.6. The van der Waals surface area contributed by atoms with Gasteiger partial charge in [0, 0.05) is 33.4 Å². The zero-order valence-corrected chi connectivity index (χ0v) is 19.5. The summed E-state index contributed by atoms with van der Waals surface area (Å²) in [6.45, 7) is 0. The average molecular weight is 460 g/mol. The number of hydrogen-bond acceptors (Lipinski definition) is 1. The molecule has 3 heterocycles. The Hall–Kier alpha value is -4.89. The second-order valence-corrected chi connectivity index (χ2v) is 9.32. The van der Waals surface area contributed by atoms with Crippen LogP contribution in [0.1, 0.15) is 0 Å². The number of benzene rings is 5. The highest BCUT2D eigenvalue weighted by Gasteiger charge is 2.16. The zero-order valence-electron chi connectivity index (χ0n) is 19.5. The van der Waals surface area contributed by atoms with E-state index < -0.39 is 0 Å². The van der Waals surface area contributed by atoms with Gasteiger partial charge in [0.15, 0.2) is 0 Å². The molecule has 0 unspecified atom stereocenters.